The minimum absolute atomic E-state index is 0.359. The Bertz CT molecular complexity index is 115. The molecule has 72 valence electrons. The van der Waals surface area contributed by atoms with Gasteiger partial charge in [0.1, 0.15) is 0 Å². The molecule has 0 atom stereocenters. The number of nitrogens with zero attached hydrogens (tertiary/aromatic N) is 2. The van der Waals surface area contributed by atoms with E-state index < -0.39 is 0 Å². The van der Waals surface area contributed by atoms with E-state index in [0.29, 0.717) is 19.8 Å². The summed E-state index contributed by atoms with van der Waals surface area (Å²) < 4.78 is 10.4. The molecule has 5 heteroatoms. The van der Waals surface area contributed by atoms with E-state index >= 15 is 0 Å². The van der Waals surface area contributed by atoms with E-state index in [4.69, 9.17) is 9.47 Å². The maximum atomic E-state index is 10.0. The van der Waals surface area contributed by atoms with Crippen LogP contribution >= 0.6 is 0 Å². The van der Waals surface area contributed by atoms with Gasteiger partial charge in [0, 0.05) is 20.3 Å². The van der Waals surface area contributed by atoms with Crippen molar-refractivity contribution in [2.75, 3.05) is 26.8 Å². The Morgan fingerprint density at radius 1 is 1.33 bits per heavy atom. The standard InChI is InChI=1S/C7H16N2O3/c1-4-11-7(12-5-2)6-9(3)8-10/h7H,4-6H2,1-3H3. The van der Waals surface area contributed by atoms with Gasteiger partial charge in [0.15, 0.2) is 6.29 Å². The summed E-state index contributed by atoms with van der Waals surface area (Å²) in [5.74, 6) is 0. The normalized spacial score (nSPS) is 10.3. The van der Waals surface area contributed by atoms with Gasteiger partial charge in [-0.2, -0.15) is 0 Å². The number of nitroso groups, excluding NO2 is 1. The van der Waals surface area contributed by atoms with Gasteiger partial charge in [0.05, 0.1) is 11.8 Å². The maximum absolute atomic E-state index is 10.0. The second-order valence-corrected chi connectivity index (χ2v) is 2.26. The van der Waals surface area contributed by atoms with E-state index in [0.717, 1.165) is 0 Å². The Balaban J connectivity index is 3.68. The van der Waals surface area contributed by atoms with Crippen molar-refractivity contribution >= 4 is 0 Å². The Kier molecular flexibility index (Phi) is 6.60. The highest BCUT2D eigenvalue weighted by Crippen LogP contribution is 1.97. The molecule has 12 heavy (non-hydrogen) atoms. The van der Waals surface area contributed by atoms with Crippen molar-refractivity contribution in [3.05, 3.63) is 4.91 Å². The predicted molar refractivity (Wildman–Crippen MR) is 45.5 cm³/mol. The van der Waals surface area contributed by atoms with Gasteiger partial charge in [0.25, 0.3) is 0 Å². The van der Waals surface area contributed by atoms with Crippen LogP contribution in [-0.4, -0.2) is 38.1 Å². The molecule has 0 aliphatic carbocycles. The summed E-state index contributed by atoms with van der Waals surface area (Å²) in [5, 5.41) is 3.96. The van der Waals surface area contributed by atoms with E-state index in [9.17, 15) is 4.91 Å². The van der Waals surface area contributed by atoms with Crippen molar-refractivity contribution in [2.45, 2.75) is 20.1 Å². The molecule has 0 aliphatic heterocycles. The summed E-state index contributed by atoms with van der Waals surface area (Å²) in [5.41, 5.74) is 0. The van der Waals surface area contributed by atoms with Gasteiger partial charge >= 0.3 is 0 Å². The maximum Gasteiger partial charge on any atom is 0.176 e. The monoisotopic (exact) mass is 176 g/mol. The molecule has 0 aliphatic rings. The average Bonchev–Trinajstić information content (AvgIpc) is 2.05. The summed E-state index contributed by atoms with van der Waals surface area (Å²) in [6.07, 6.45) is -0.359. The van der Waals surface area contributed by atoms with Gasteiger partial charge in [-0.15, -0.1) is 4.91 Å². The number of likely N-dealkylation sites (N-methyl/N-ethyl adjacent to an activating group) is 1. The highest BCUT2D eigenvalue weighted by molar-refractivity contribution is 4.48. The number of rotatable bonds is 7. The molecule has 0 fully saturated rings. The van der Waals surface area contributed by atoms with Crippen LogP contribution in [-0.2, 0) is 9.47 Å². The molecule has 0 aromatic heterocycles. The lowest BCUT2D eigenvalue weighted by Crippen LogP contribution is -2.30. The largest absolute Gasteiger partial charge is 0.351 e. The lowest BCUT2D eigenvalue weighted by molar-refractivity contribution is -0.145. The second kappa shape index (κ2) is 7.00. The Hall–Kier alpha value is -0.680. The third kappa shape index (κ3) is 5.03. The first kappa shape index (κ1) is 11.3. The van der Waals surface area contributed by atoms with Gasteiger partial charge in [0.2, 0.25) is 0 Å². The van der Waals surface area contributed by atoms with E-state index in [1.165, 1.54) is 5.01 Å². The van der Waals surface area contributed by atoms with Crippen molar-refractivity contribution in [1.82, 2.24) is 5.01 Å². The molecule has 0 radical (unpaired) electrons. The van der Waals surface area contributed by atoms with Crippen LogP contribution in [0.2, 0.25) is 0 Å². The molecule has 0 aromatic rings. The molecule has 5 nitrogen and oxygen atoms in total. The number of hydrogen-bond acceptors (Lipinski definition) is 4. The zero-order valence-corrected chi connectivity index (χ0v) is 7.82. The molecular weight excluding hydrogens is 160 g/mol. The highest BCUT2D eigenvalue weighted by atomic mass is 16.7. The number of hydrogen-bond donors (Lipinski definition) is 0. The summed E-state index contributed by atoms with van der Waals surface area (Å²) in [6, 6.07) is 0. The Morgan fingerprint density at radius 3 is 2.17 bits per heavy atom. The Morgan fingerprint density at radius 2 is 1.83 bits per heavy atom. The zero-order valence-electron chi connectivity index (χ0n) is 7.82. The third-order valence-corrected chi connectivity index (χ3v) is 1.26. The molecular formula is C7H16N2O3. The zero-order chi connectivity index (χ0) is 9.40. The highest BCUT2D eigenvalue weighted by Gasteiger charge is 2.10. The van der Waals surface area contributed by atoms with Gasteiger partial charge < -0.3 is 9.47 Å². The predicted octanol–water partition coefficient (Wildman–Crippen LogP) is 0.999. The fourth-order valence-corrected chi connectivity index (χ4v) is 0.774. The molecule has 0 rings (SSSR count). The first-order valence-corrected chi connectivity index (χ1v) is 4.02. The van der Waals surface area contributed by atoms with Crippen LogP contribution < -0.4 is 0 Å². The number of ether oxygens (including phenoxy) is 2. The van der Waals surface area contributed by atoms with Crippen molar-refractivity contribution in [3.63, 3.8) is 0 Å². The fraction of sp³-hybridized carbons (Fsp3) is 1.00. The summed E-state index contributed by atoms with van der Waals surface area (Å²) >= 11 is 0. The van der Waals surface area contributed by atoms with Crippen LogP contribution in [0.3, 0.4) is 0 Å². The first-order valence-electron chi connectivity index (χ1n) is 4.02. The van der Waals surface area contributed by atoms with Crippen LogP contribution in [0.4, 0.5) is 0 Å². The van der Waals surface area contributed by atoms with Crippen LogP contribution in [0.5, 0.6) is 0 Å². The quantitative estimate of drug-likeness (QED) is 0.330. The van der Waals surface area contributed by atoms with Crippen molar-refractivity contribution in [2.24, 2.45) is 5.29 Å². The van der Waals surface area contributed by atoms with Crippen molar-refractivity contribution < 1.29 is 9.47 Å². The van der Waals surface area contributed by atoms with Crippen LogP contribution in [0.15, 0.2) is 5.29 Å². The summed E-state index contributed by atoms with van der Waals surface area (Å²) in [4.78, 5) is 10.0. The summed E-state index contributed by atoms with van der Waals surface area (Å²) in [6.45, 7) is 5.25. The topological polar surface area (TPSA) is 51.1 Å². The van der Waals surface area contributed by atoms with Crippen LogP contribution in [0.1, 0.15) is 13.8 Å². The van der Waals surface area contributed by atoms with Crippen molar-refractivity contribution in [1.29, 1.82) is 0 Å². The molecule has 0 amide bonds. The van der Waals surface area contributed by atoms with Gasteiger partial charge in [-0.25, -0.2) is 0 Å². The molecule has 0 bridgehead atoms. The van der Waals surface area contributed by atoms with Gasteiger partial charge in [-0.05, 0) is 13.8 Å². The molecule has 0 N–H and O–H groups in total. The minimum Gasteiger partial charge on any atom is -0.351 e. The molecule has 0 saturated carbocycles. The average molecular weight is 176 g/mol. The fourth-order valence-electron chi connectivity index (χ4n) is 0.774. The van der Waals surface area contributed by atoms with E-state index in [-0.39, 0.29) is 6.29 Å². The van der Waals surface area contributed by atoms with Crippen molar-refractivity contribution in [3.8, 4) is 0 Å². The van der Waals surface area contributed by atoms with Crippen LogP contribution in [0, 0.1) is 4.91 Å². The SMILES string of the molecule is CCOC(CN(C)N=O)OCC. The van der Waals surface area contributed by atoms with E-state index in [1.807, 2.05) is 13.8 Å². The molecule has 0 spiro atoms. The lowest BCUT2D eigenvalue weighted by atomic mass is 10.6. The van der Waals surface area contributed by atoms with E-state index in [2.05, 4.69) is 5.29 Å². The molecule has 0 unspecified atom stereocenters. The second-order valence-electron chi connectivity index (χ2n) is 2.26. The van der Waals surface area contributed by atoms with Gasteiger partial charge in [-0.3, -0.25) is 5.01 Å². The smallest absolute Gasteiger partial charge is 0.176 e. The molecule has 0 saturated heterocycles. The van der Waals surface area contributed by atoms with Gasteiger partial charge in [-0.1, -0.05) is 0 Å². The molecule has 0 aromatic carbocycles. The summed E-state index contributed by atoms with van der Waals surface area (Å²) in [7, 11) is 1.58. The molecule has 0 heterocycles. The third-order valence-electron chi connectivity index (χ3n) is 1.26. The lowest BCUT2D eigenvalue weighted by Gasteiger charge is -2.19. The van der Waals surface area contributed by atoms with Crippen LogP contribution in [0.25, 0.3) is 0 Å². The van der Waals surface area contributed by atoms with E-state index in [1.54, 1.807) is 7.05 Å². The Labute approximate surface area is 72.6 Å². The first-order chi connectivity index (χ1) is 5.74. The minimum atomic E-state index is -0.359.